The molecule has 1 atom stereocenters. The zero-order valence-electron chi connectivity index (χ0n) is 18.8. The molecule has 174 valence electrons. The van der Waals surface area contributed by atoms with E-state index in [-0.39, 0.29) is 12.5 Å². The number of nitrogens with one attached hydrogen (secondary N) is 2. The highest BCUT2D eigenvalue weighted by molar-refractivity contribution is 7.98. The van der Waals surface area contributed by atoms with E-state index in [2.05, 4.69) is 22.4 Å². The fourth-order valence-corrected chi connectivity index (χ4v) is 4.74. The van der Waals surface area contributed by atoms with E-state index in [1.807, 2.05) is 61.0 Å². The number of hydrogen-bond acceptors (Lipinski definition) is 5. The van der Waals surface area contributed by atoms with Gasteiger partial charge in [0.25, 0.3) is 5.91 Å². The minimum atomic E-state index is -0.449. The number of aliphatic hydroxyl groups excluding tert-OH is 1. The van der Waals surface area contributed by atoms with Gasteiger partial charge >= 0.3 is 0 Å². The minimum Gasteiger partial charge on any atom is -0.486 e. The van der Waals surface area contributed by atoms with E-state index in [4.69, 9.17) is 9.47 Å². The Hall–Kier alpha value is -3.42. The lowest BCUT2D eigenvalue weighted by molar-refractivity contribution is 0.0906. The first-order valence-corrected chi connectivity index (χ1v) is 12.4. The van der Waals surface area contributed by atoms with Gasteiger partial charge in [0.05, 0.1) is 18.2 Å². The maximum absolute atomic E-state index is 13.4. The van der Waals surface area contributed by atoms with Crippen molar-refractivity contribution >= 4 is 28.6 Å². The van der Waals surface area contributed by atoms with Crippen LogP contribution in [0.1, 0.15) is 15.9 Å². The molecule has 0 saturated carbocycles. The van der Waals surface area contributed by atoms with Gasteiger partial charge in [-0.3, -0.25) is 4.79 Å². The summed E-state index contributed by atoms with van der Waals surface area (Å²) in [5.74, 6) is 0.696. The Bertz CT molecular complexity index is 1330. The molecule has 34 heavy (non-hydrogen) atoms. The number of aliphatic hydroxyl groups is 1. The molecule has 0 saturated heterocycles. The van der Waals surface area contributed by atoms with E-state index in [0.29, 0.717) is 36.7 Å². The van der Waals surface area contributed by atoms with Gasteiger partial charge in [-0.15, -0.1) is 11.8 Å². The van der Waals surface area contributed by atoms with Crippen molar-refractivity contribution in [2.45, 2.75) is 17.4 Å². The Balaban J connectivity index is 1.44. The normalized spacial score (nSPS) is 13.6. The maximum atomic E-state index is 13.4. The van der Waals surface area contributed by atoms with Gasteiger partial charge in [0.2, 0.25) is 0 Å². The molecule has 4 aromatic rings. The Labute approximate surface area is 202 Å². The predicted octanol–water partition coefficient (Wildman–Crippen LogP) is 4.66. The van der Waals surface area contributed by atoms with Crippen molar-refractivity contribution in [1.29, 1.82) is 0 Å². The highest BCUT2D eigenvalue weighted by Gasteiger charge is 2.25. The quantitative estimate of drug-likeness (QED) is 0.339. The summed E-state index contributed by atoms with van der Waals surface area (Å²) in [4.78, 5) is 17.8. The number of aromatic amines is 1. The summed E-state index contributed by atoms with van der Waals surface area (Å²) in [5.41, 5.74) is 4.34. The summed E-state index contributed by atoms with van der Waals surface area (Å²) in [7, 11) is 0. The lowest BCUT2D eigenvalue weighted by Crippen LogP contribution is -2.39. The number of benzene rings is 3. The molecule has 0 radical (unpaired) electrons. The summed E-state index contributed by atoms with van der Waals surface area (Å²) >= 11 is 1.67. The summed E-state index contributed by atoms with van der Waals surface area (Å²) < 4.78 is 11.7. The number of thioether (sulfide) groups is 1. The van der Waals surface area contributed by atoms with Gasteiger partial charge in [-0.05, 0) is 59.7 Å². The van der Waals surface area contributed by atoms with Crippen molar-refractivity contribution in [3.05, 3.63) is 78.0 Å². The molecular formula is C27H26N2O4S. The number of aromatic nitrogens is 1. The van der Waals surface area contributed by atoms with Crippen LogP contribution in [0.15, 0.2) is 71.8 Å². The first kappa shape index (κ1) is 22.4. The van der Waals surface area contributed by atoms with Crippen LogP contribution in [0.5, 0.6) is 11.5 Å². The topological polar surface area (TPSA) is 83.6 Å². The van der Waals surface area contributed by atoms with Crippen molar-refractivity contribution in [3.8, 4) is 22.6 Å². The minimum absolute atomic E-state index is 0.180. The molecule has 5 rings (SSSR count). The summed E-state index contributed by atoms with van der Waals surface area (Å²) in [5, 5.41) is 14.1. The van der Waals surface area contributed by atoms with Crippen LogP contribution in [0.25, 0.3) is 22.0 Å². The number of fused-ring (bicyclic) bond motifs is 2. The Morgan fingerprint density at radius 2 is 1.94 bits per heavy atom. The second-order valence-electron chi connectivity index (χ2n) is 8.20. The number of carbonyl (C=O) groups excluding carboxylic acids is 1. The second-order valence-corrected chi connectivity index (χ2v) is 9.08. The molecular weight excluding hydrogens is 448 g/mol. The third-order valence-corrected chi connectivity index (χ3v) is 6.71. The molecule has 0 bridgehead atoms. The molecule has 7 heteroatoms. The molecule has 0 unspecified atom stereocenters. The number of H-pyrrole nitrogens is 1. The zero-order valence-corrected chi connectivity index (χ0v) is 19.7. The van der Waals surface area contributed by atoms with Crippen LogP contribution in [0.2, 0.25) is 0 Å². The van der Waals surface area contributed by atoms with Gasteiger partial charge < -0.3 is 24.9 Å². The molecule has 1 aromatic heterocycles. The Morgan fingerprint density at radius 3 is 2.79 bits per heavy atom. The SMILES string of the molecule is CSc1cccc(-c2cc3c(c(C(=O)N[C@@H](CO)Cc4c[nH]c5ccccc45)c2)OCCO3)c1. The van der Waals surface area contributed by atoms with Gasteiger partial charge in [0.1, 0.15) is 13.2 Å². The van der Waals surface area contributed by atoms with Crippen LogP contribution in [-0.2, 0) is 6.42 Å². The monoisotopic (exact) mass is 474 g/mol. The van der Waals surface area contributed by atoms with E-state index in [9.17, 15) is 9.90 Å². The average Bonchev–Trinajstić information content (AvgIpc) is 3.30. The van der Waals surface area contributed by atoms with Crippen LogP contribution >= 0.6 is 11.8 Å². The average molecular weight is 475 g/mol. The summed E-state index contributed by atoms with van der Waals surface area (Å²) in [6.07, 6.45) is 4.46. The fraction of sp³-hybridized carbons (Fsp3) is 0.222. The Morgan fingerprint density at radius 1 is 1.09 bits per heavy atom. The molecule has 3 aromatic carbocycles. The van der Waals surface area contributed by atoms with Gasteiger partial charge in [-0.1, -0.05) is 30.3 Å². The van der Waals surface area contributed by atoms with E-state index < -0.39 is 6.04 Å². The van der Waals surface area contributed by atoms with Gasteiger partial charge in [-0.25, -0.2) is 0 Å². The maximum Gasteiger partial charge on any atom is 0.255 e. The van der Waals surface area contributed by atoms with Crippen LogP contribution < -0.4 is 14.8 Å². The molecule has 6 nitrogen and oxygen atoms in total. The smallest absolute Gasteiger partial charge is 0.255 e. The van der Waals surface area contributed by atoms with Crippen LogP contribution in [0.3, 0.4) is 0 Å². The molecule has 3 N–H and O–H groups in total. The molecule has 0 spiro atoms. The van der Waals surface area contributed by atoms with Crippen LogP contribution in [0.4, 0.5) is 0 Å². The van der Waals surface area contributed by atoms with Gasteiger partial charge in [-0.2, -0.15) is 0 Å². The van der Waals surface area contributed by atoms with E-state index in [1.54, 1.807) is 11.8 Å². The molecule has 0 aliphatic carbocycles. The summed E-state index contributed by atoms with van der Waals surface area (Å²) in [6, 6.07) is 19.5. The fourth-order valence-electron chi connectivity index (χ4n) is 4.28. The predicted molar refractivity (Wildman–Crippen MR) is 135 cm³/mol. The molecule has 1 aliphatic heterocycles. The number of rotatable bonds is 7. The number of ether oxygens (including phenoxy) is 2. The molecule has 2 heterocycles. The van der Waals surface area contributed by atoms with Crippen molar-refractivity contribution in [3.63, 3.8) is 0 Å². The Kier molecular flexibility index (Phi) is 6.47. The van der Waals surface area contributed by atoms with Crippen molar-refractivity contribution < 1.29 is 19.4 Å². The first-order valence-electron chi connectivity index (χ1n) is 11.2. The highest BCUT2D eigenvalue weighted by atomic mass is 32.2. The standard InChI is InChI=1S/C27H26N2O4S/c1-34-21-6-4-5-17(12-21)18-13-23(26-25(14-18)32-9-10-33-26)27(31)29-20(16-30)11-19-15-28-24-8-3-2-7-22(19)24/h2-8,12-15,20,28,30H,9-11,16H2,1H3,(H,29,31)/t20-/m1/s1. The third-order valence-electron chi connectivity index (χ3n) is 5.99. The van der Waals surface area contributed by atoms with Crippen molar-refractivity contribution in [1.82, 2.24) is 10.3 Å². The number of amides is 1. The largest absolute Gasteiger partial charge is 0.486 e. The summed E-state index contributed by atoms with van der Waals surface area (Å²) in [6.45, 7) is 0.635. The van der Waals surface area contributed by atoms with Gasteiger partial charge in [0.15, 0.2) is 11.5 Å². The van der Waals surface area contributed by atoms with Crippen molar-refractivity contribution in [2.24, 2.45) is 0 Å². The number of para-hydroxylation sites is 1. The molecule has 1 amide bonds. The lowest BCUT2D eigenvalue weighted by atomic mass is 10.00. The first-order chi connectivity index (χ1) is 16.7. The lowest BCUT2D eigenvalue weighted by Gasteiger charge is -2.23. The number of carbonyl (C=O) groups is 1. The van der Waals surface area contributed by atoms with E-state index in [1.165, 1.54) is 0 Å². The highest BCUT2D eigenvalue weighted by Crippen LogP contribution is 2.39. The number of hydrogen-bond donors (Lipinski definition) is 3. The van der Waals surface area contributed by atoms with Crippen LogP contribution in [0, 0.1) is 0 Å². The zero-order chi connectivity index (χ0) is 23.5. The second kappa shape index (κ2) is 9.83. The van der Waals surface area contributed by atoms with Crippen molar-refractivity contribution in [2.75, 3.05) is 26.1 Å². The molecule has 0 fully saturated rings. The third kappa shape index (κ3) is 4.49. The van der Waals surface area contributed by atoms with Gasteiger partial charge in [0, 0.05) is 22.0 Å². The van der Waals surface area contributed by atoms with E-state index in [0.717, 1.165) is 32.5 Å². The molecule has 1 aliphatic rings. The van der Waals surface area contributed by atoms with E-state index >= 15 is 0 Å². The van der Waals surface area contributed by atoms with Crippen LogP contribution in [-0.4, -0.2) is 48.1 Å².